The minimum absolute atomic E-state index is 0.0445. The number of hydrogen-bond acceptors (Lipinski definition) is 4. The maximum Gasteiger partial charge on any atom is 0.335 e. The molecule has 0 atom stereocenters. The van der Waals surface area contributed by atoms with Crippen molar-refractivity contribution in [2.45, 2.75) is 25.4 Å². The fourth-order valence-corrected chi connectivity index (χ4v) is 3.79. The van der Waals surface area contributed by atoms with Crippen molar-refractivity contribution in [3.8, 4) is 16.9 Å². The zero-order valence-corrected chi connectivity index (χ0v) is 17.1. The number of carbonyl (C=O) groups is 2. The molecule has 1 saturated heterocycles. The van der Waals surface area contributed by atoms with Crippen LogP contribution in [0.1, 0.15) is 28.8 Å². The second kappa shape index (κ2) is 9.43. The second-order valence-corrected chi connectivity index (χ2v) is 7.65. The van der Waals surface area contributed by atoms with E-state index in [-0.39, 0.29) is 17.6 Å². The molecule has 2 aromatic carbocycles. The Morgan fingerprint density at radius 3 is 2.45 bits per heavy atom. The van der Waals surface area contributed by atoms with Crippen molar-refractivity contribution in [2.24, 2.45) is 0 Å². The van der Waals surface area contributed by atoms with Gasteiger partial charge in [0.1, 0.15) is 11.9 Å². The quantitative estimate of drug-likeness (QED) is 0.656. The molecule has 1 amide bonds. The lowest BCUT2D eigenvalue weighted by Gasteiger charge is -2.32. The molecule has 0 bridgehead atoms. The van der Waals surface area contributed by atoms with E-state index in [0.717, 1.165) is 35.3 Å². The third-order valence-corrected chi connectivity index (χ3v) is 5.45. The zero-order valence-electron chi connectivity index (χ0n) is 17.1. The van der Waals surface area contributed by atoms with Gasteiger partial charge < -0.3 is 14.7 Å². The van der Waals surface area contributed by atoms with E-state index in [0.29, 0.717) is 19.5 Å². The van der Waals surface area contributed by atoms with Gasteiger partial charge in [-0.1, -0.05) is 30.3 Å². The number of carboxylic acid groups (broad SMARTS) is 1. The summed E-state index contributed by atoms with van der Waals surface area (Å²) in [6.45, 7) is 1.34. The number of nitrogens with zero attached hydrogens (tertiary/aromatic N) is 2. The Bertz CT molecular complexity index is 1060. The molecule has 1 aliphatic heterocycles. The van der Waals surface area contributed by atoms with Crippen molar-refractivity contribution in [3.63, 3.8) is 0 Å². The molecule has 1 N–H and O–H groups in total. The first kappa shape index (κ1) is 20.6. The van der Waals surface area contributed by atoms with Crippen LogP contribution in [0.25, 0.3) is 11.1 Å². The van der Waals surface area contributed by atoms with Crippen molar-refractivity contribution in [3.05, 3.63) is 84.2 Å². The van der Waals surface area contributed by atoms with E-state index in [9.17, 15) is 14.7 Å². The molecule has 0 saturated carbocycles. The van der Waals surface area contributed by atoms with Gasteiger partial charge in [0, 0.05) is 38.3 Å². The van der Waals surface area contributed by atoms with E-state index < -0.39 is 5.97 Å². The second-order valence-electron chi connectivity index (χ2n) is 7.65. The number of aromatic nitrogens is 1. The molecule has 158 valence electrons. The molecular formula is C25H24N2O4. The average Bonchev–Trinajstić information content (AvgIpc) is 2.80. The van der Waals surface area contributed by atoms with E-state index in [1.165, 1.54) is 0 Å². The summed E-state index contributed by atoms with van der Waals surface area (Å²) in [4.78, 5) is 29.7. The van der Waals surface area contributed by atoms with Crippen LogP contribution >= 0.6 is 0 Å². The average molecular weight is 416 g/mol. The highest BCUT2D eigenvalue weighted by atomic mass is 16.5. The van der Waals surface area contributed by atoms with Gasteiger partial charge in [-0.3, -0.25) is 9.78 Å². The molecule has 2 heterocycles. The Morgan fingerprint density at radius 1 is 1.00 bits per heavy atom. The summed E-state index contributed by atoms with van der Waals surface area (Å²) in [6.07, 6.45) is 5.40. The molecule has 6 heteroatoms. The Labute approximate surface area is 181 Å². The van der Waals surface area contributed by atoms with Crippen LogP contribution in [0.2, 0.25) is 0 Å². The Kier molecular flexibility index (Phi) is 6.26. The van der Waals surface area contributed by atoms with E-state index in [1.54, 1.807) is 30.6 Å². The summed E-state index contributed by atoms with van der Waals surface area (Å²) >= 11 is 0. The number of carboxylic acids is 1. The number of likely N-dealkylation sites (tertiary alicyclic amines) is 1. The number of pyridine rings is 1. The lowest BCUT2D eigenvalue weighted by Crippen LogP contribution is -2.42. The lowest BCUT2D eigenvalue weighted by atomic mass is 10.0. The van der Waals surface area contributed by atoms with Gasteiger partial charge in [0.15, 0.2) is 0 Å². The van der Waals surface area contributed by atoms with Gasteiger partial charge in [0.05, 0.1) is 12.0 Å². The summed E-state index contributed by atoms with van der Waals surface area (Å²) in [7, 11) is 0. The van der Waals surface area contributed by atoms with Crippen LogP contribution in [0.15, 0.2) is 73.1 Å². The van der Waals surface area contributed by atoms with Gasteiger partial charge in [0.2, 0.25) is 5.91 Å². The monoisotopic (exact) mass is 416 g/mol. The van der Waals surface area contributed by atoms with Crippen LogP contribution in [0, 0.1) is 0 Å². The molecule has 31 heavy (non-hydrogen) atoms. The smallest absolute Gasteiger partial charge is 0.335 e. The summed E-state index contributed by atoms with van der Waals surface area (Å²) in [5.74, 6) is -0.0794. The Morgan fingerprint density at radius 2 is 1.74 bits per heavy atom. The molecule has 1 fully saturated rings. The third kappa shape index (κ3) is 5.28. The van der Waals surface area contributed by atoms with Gasteiger partial charge in [-0.05, 0) is 47.0 Å². The first-order valence-electron chi connectivity index (χ1n) is 10.4. The predicted octanol–water partition coefficient (Wildman–Crippen LogP) is 4.06. The highest BCUT2D eigenvalue weighted by Crippen LogP contribution is 2.27. The van der Waals surface area contributed by atoms with Crippen molar-refractivity contribution in [1.29, 1.82) is 0 Å². The summed E-state index contributed by atoms with van der Waals surface area (Å²) in [6, 6.07) is 18.3. The normalized spacial score (nSPS) is 14.3. The minimum atomic E-state index is -0.945. The number of benzene rings is 2. The van der Waals surface area contributed by atoms with Crippen LogP contribution in [-0.4, -0.2) is 46.1 Å². The topological polar surface area (TPSA) is 79.7 Å². The fraction of sp³-hybridized carbons (Fsp3) is 0.240. The molecule has 4 rings (SSSR count). The van der Waals surface area contributed by atoms with E-state index in [1.807, 2.05) is 47.4 Å². The van der Waals surface area contributed by atoms with Crippen molar-refractivity contribution in [2.75, 3.05) is 13.1 Å². The van der Waals surface area contributed by atoms with E-state index in [2.05, 4.69) is 4.98 Å². The Balaban J connectivity index is 1.35. The van der Waals surface area contributed by atoms with Crippen molar-refractivity contribution in [1.82, 2.24) is 9.88 Å². The van der Waals surface area contributed by atoms with Crippen LogP contribution in [0.4, 0.5) is 0 Å². The molecule has 0 aliphatic carbocycles. The number of ether oxygens (including phenoxy) is 1. The Hall–Kier alpha value is -3.67. The number of carbonyl (C=O) groups excluding carboxylic acids is 1. The highest BCUT2D eigenvalue weighted by molar-refractivity contribution is 5.89. The molecule has 1 aliphatic rings. The maximum absolute atomic E-state index is 12.5. The van der Waals surface area contributed by atoms with E-state index >= 15 is 0 Å². The van der Waals surface area contributed by atoms with Gasteiger partial charge in [-0.2, -0.15) is 0 Å². The number of hydrogen-bond donors (Lipinski definition) is 1. The standard InChI is InChI=1S/C25H24N2O4/c28-24(14-18-4-3-11-26-17-18)27-12-9-22(10-13-27)31-23-8-2-6-20(16-23)19-5-1-7-21(15-19)25(29)30/h1-8,11,15-17,22H,9-10,12-14H2,(H,29,30). The number of aromatic carboxylic acids is 1. The summed E-state index contributed by atoms with van der Waals surface area (Å²) in [5.41, 5.74) is 2.92. The first-order valence-corrected chi connectivity index (χ1v) is 10.4. The van der Waals surface area contributed by atoms with Gasteiger partial charge >= 0.3 is 5.97 Å². The van der Waals surface area contributed by atoms with E-state index in [4.69, 9.17) is 4.74 Å². The first-order chi connectivity index (χ1) is 15.1. The van der Waals surface area contributed by atoms with Gasteiger partial charge in [-0.25, -0.2) is 4.79 Å². The molecule has 6 nitrogen and oxygen atoms in total. The predicted molar refractivity (Wildman–Crippen MR) is 117 cm³/mol. The molecular weight excluding hydrogens is 392 g/mol. The van der Waals surface area contributed by atoms with Gasteiger partial charge in [0.25, 0.3) is 0 Å². The van der Waals surface area contributed by atoms with Crippen molar-refractivity contribution < 1.29 is 19.4 Å². The molecule has 1 aromatic heterocycles. The maximum atomic E-state index is 12.5. The number of rotatable bonds is 6. The third-order valence-electron chi connectivity index (χ3n) is 5.45. The number of amides is 1. The molecule has 0 radical (unpaired) electrons. The molecule has 3 aromatic rings. The summed E-state index contributed by atoms with van der Waals surface area (Å²) < 4.78 is 6.18. The van der Waals surface area contributed by atoms with Crippen LogP contribution in [0.3, 0.4) is 0 Å². The molecule has 0 unspecified atom stereocenters. The number of piperidine rings is 1. The van der Waals surface area contributed by atoms with Crippen LogP contribution < -0.4 is 4.74 Å². The van der Waals surface area contributed by atoms with Crippen LogP contribution in [-0.2, 0) is 11.2 Å². The molecule has 0 spiro atoms. The lowest BCUT2D eigenvalue weighted by molar-refractivity contribution is -0.132. The van der Waals surface area contributed by atoms with Gasteiger partial charge in [-0.15, -0.1) is 0 Å². The largest absolute Gasteiger partial charge is 0.490 e. The fourth-order valence-electron chi connectivity index (χ4n) is 3.79. The zero-order chi connectivity index (χ0) is 21.6. The SMILES string of the molecule is O=C(O)c1cccc(-c2cccc(OC3CCN(C(=O)Cc4cccnc4)CC3)c2)c1. The van der Waals surface area contributed by atoms with Crippen molar-refractivity contribution >= 4 is 11.9 Å². The summed E-state index contributed by atoms with van der Waals surface area (Å²) in [5, 5.41) is 9.21. The highest BCUT2D eigenvalue weighted by Gasteiger charge is 2.24. The minimum Gasteiger partial charge on any atom is -0.490 e. The van der Waals surface area contributed by atoms with Crippen LogP contribution in [0.5, 0.6) is 5.75 Å².